The fraction of sp³-hybridized carbons (Fsp3) is 0.286. The van der Waals surface area contributed by atoms with Crippen LogP contribution in [0.4, 0.5) is 5.82 Å². The van der Waals surface area contributed by atoms with E-state index >= 15 is 0 Å². The van der Waals surface area contributed by atoms with E-state index in [4.69, 9.17) is 20.9 Å². The lowest BCUT2D eigenvalue weighted by molar-refractivity contribution is -0.123. The fourth-order valence-corrected chi connectivity index (χ4v) is 1.84. The van der Waals surface area contributed by atoms with E-state index in [1.807, 2.05) is 0 Å². The molecule has 2 aromatic heterocycles. The van der Waals surface area contributed by atoms with Gasteiger partial charge in [-0.2, -0.15) is 0 Å². The van der Waals surface area contributed by atoms with Crippen molar-refractivity contribution in [3.05, 3.63) is 40.4 Å². The van der Waals surface area contributed by atoms with Gasteiger partial charge in [0.2, 0.25) is 0 Å². The van der Waals surface area contributed by atoms with Crippen molar-refractivity contribution in [3.63, 3.8) is 0 Å². The minimum absolute atomic E-state index is 0.226. The Hall–Kier alpha value is -2.41. The SMILES string of the molecule is Cc1noc(C)c1C(=O)O[C@H](C)C(=O)Nc1ccc(Cl)cn1. The van der Waals surface area contributed by atoms with Gasteiger partial charge in [0.05, 0.1) is 10.7 Å². The van der Waals surface area contributed by atoms with Crippen LogP contribution < -0.4 is 5.32 Å². The number of hydrogen-bond donors (Lipinski definition) is 1. The number of carbonyl (C=O) groups is 2. The van der Waals surface area contributed by atoms with Crippen LogP contribution in [0.2, 0.25) is 5.02 Å². The molecular formula is C14H14ClN3O4. The highest BCUT2D eigenvalue weighted by Crippen LogP contribution is 2.15. The molecule has 2 rings (SSSR count). The van der Waals surface area contributed by atoms with Gasteiger partial charge in [0.1, 0.15) is 17.1 Å². The number of anilines is 1. The predicted molar refractivity (Wildman–Crippen MR) is 78.7 cm³/mol. The Morgan fingerprint density at radius 1 is 1.36 bits per heavy atom. The number of nitrogens with zero attached hydrogens (tertiary/aromatic N) is 2. The maximum atomic E-state index is 12.0. The molecule has 0 saturated heterocycles. The zero-order valence-corrected chi connectivity index (χ0v) is 13.0. The van der Waals surface area contributed by atoms with Crippen LogP contribution in [0.1, 0.15) is 28.7 Å². The number of aromatic nitrogens is 2. The van der Waals surface area contributed by atoms with Gasteiger partial charge >= 0.3 is 5.97 Å². The van der Waals surface area contributed by atoms with Gasteiger partial charge in [-0.25, -0.2) is 9.78 Å². The molecule has 1 N–H and O–H groups in total. The average molecular weight is 324 g/mol. The molecule has 2 aromatic rings. The van der Waals surface area contributed by atoms with Crippen molar-refractivity contribution in [2.75, 3.05) is 5.32 Å². The first-order valence-corrected chi connectivity index (χ1v) is 6.82. The zero-order chi connectivity index (χ0) is 16.3. The number of rotatable bonds is 4. The minimum atomic E-state index is -1.00. The predicted octanol–water partition coefficient (Wildman–Crippen LogP) is 2.52. The van der Waals surface area contributed by atoms with Crippen LogP contribution in [-0.2, 0) is 9.53 Å². The summed E-state index contributed by atoms with van der Waals surface area (Å²) < 4.78 is 10.0. The molecular weight excluding hydrogens is 310 g/mol. The second kappa shape index (κ2) is 6.57. The first kappa shape index (κ1) is 16.0. The van der Waals surface area contributed by atoms with E-state index in [0.717, 1.165) is 0 Å². The molecule has 1 atom stereocenters. The van der Waals surface area contributed by atoms with Crippen LogP contribution in [-0.4, -0.2) is 28.1 Å². The lowest BCUT2D eigenvalue weighted by atomic mass is 10.2. The van der Waals surface area contributed by atoms with Gasteiger partial charge in [-0.15, -0.1) is 0 Å². The van der Waals surface area contributed by atoms with Crippen molar-refractivity contribution in [2.24, 2.45) is 0 Å². The summed E-state index contributed by atoms with van der Waals surface area (Å²) in [4.78, 5) is 27.9. The summed E-state index contributed by atoms with van der Waals surface area (Å²) >= 11 is 5.71. The van der Waals surface area contributed by atoms with Crippen molar-refractivity contribution in [3.8, 4) is 0 Å². The van der Waals surface area contributed by atoms with Crippen molar-refractivity contribution in [1.29, 1.82) is 0 Å². The van der Waals surface area contributed by atoms with Gasteiger partial charge in [-0.05, 0) is 32.9 Å². The second-order valence-corrected chi connectivity index (χ2v) is 5.03. The molecule has 8 heteroatoms. The first-order valence-electron chi connectivity index (χ1n) is 6.44. The van der Waals surface area contributed by atoms with Crippen molar-refractivity contribution >= 4 is 29.3 Å². The molecule has 0 aromatic carbocycles. The van der Waals surface area contributed by atoms with Crippen LogP contribution in [0.3, 0.4) is 0 Å². The maximum Gasteiger partial charge on any atom is 0.344 e. The van der Waals surface area contributed by atoms with Gasteiger partial charge in [-0.1, -0.05) is 16.8 Å². The summed E-state index contributed by atoms with van der Waals surface area (Å²) in [6, 6.07) is 3.13. The first-order chi connectivity index (χ1) is 10.4. The molecule has 0 bridgehead atoms. The number of amides is 1. The molecule has 0 fully saturated rings. The van der Waals surface area contributed by atoms with E-state index < -0.39 is 18.0 Å². The zero-order valence-electron chi connectivity index (χ0n) is 12.2. The third-order valence-electron chi connectivity index (χ3n) is 2.87. The molecule has 0 aliphatic carbocycles. The molecule has 0 radical (unpaired) electrons. The molecule has 0 aliphatic rings. The van der Waals surface area contributed by atoms with Crippen molar-refractivity contribution in [1.82, 2.24) is 10.1 Å². The summed E-state index contributed by atoms with van der Waals surface area (Å²) in [7, 11) is 0. The largest absolute Gasteiger partial charge is 0.449 e. The number of pyridine rings is 1. The molecule has 22 heavy (non-hydrogen) atoms. The summed E-state index contributed by atoms with van der Waals surface area (Å²) in [5, 5.41) is 6.64. The quantitative estimate of drug-likeness (QED) is 0.869. The normalized spacial score (nSPS) is 11.8. The van der Waals surface area contributed by atoms with Gasteiger partial charge in [-0.3, -0.25) is 4.79 Å². The highest BCUT2D eigenvalue weighted by atomic mass is 35.5. The highest BCUT2D eigenvalue weighted by Gasteiger charge is 2.24. The Morgan fingerprint density at radius 2 is 2.09 bits per heavy atom. The number of hydrogen-bond acceptors (Lipinski definition) is 6. The Bertz CT molecular complexity index is 677. The lowest BCUT2D eigenvalue weighted by Gasteiger charge is -2.13. The topological polar surface area (TPSA) is 94.3 Å². The summed E-state index contributed by atoms with van der Waals surface area (Å²) in [6.07, 6.45) is 0.399. The van der Waals surface area contributed by atoms with Crippen LogP contribution in [0, 0.1) is 13.8 Å². The molecule has 7 nitrogen and oxygen atoms in total. The van der Waals surface area contributed by atoms with Crippen LogP contribution in [0.5, 0.6) is 0 Å². The van der Waals surface area contributed by atoms with Crippen LogP contribution in [0.25, 0.3) is 0 Å². The fourth-order valence-electron chi connectivity index (χ4n) is 1.73. The highest BCUT2D eigenvalue weighted by molar-refractivity contribution is 6.30. The molecule has 0 saturated carbocycles. The second-order valence-electron chi connectivity index (χ2n) is 4.60. The van der Waals surface area contributed by atoms with Gasteiger partial charge in [0.25, 0.3) is 5.91 Å². The molecule has 1 amide bonds. The Kier molecular flexibility index (Phi) is 4.77. The molecule has 0 spiro atoms. The Morgan fingerprint density at radius 3 is 2.64 bits per heavy atom. The van der Waals surface area contributed by atoms with E-state index in [-0.39, 0.29) is 5.56 Å². The lowest BCUT2D eigenvalue weighted by Crippen LogP contribution is -2.30. The van der Waals surface area contributed by atoms with E-state index in [1.165, 1.54) is 13.1 Å². The Labute approximate surface area is 131 Å². The van der Waals surface area contributed by atoms with Gasteiger partial charge in [0.15, 0.2) is 6.10 Å². The third-order valence-corrected chi connectivity index (χ3v) is 3.09. The minimum Gasteiger partial charge on any atom is -0.449 e. The van der Waals surface area contributed by atoms with E-state index in [0.29, 0.717) is 22.3 Å². The number of carbonyl (C=O) groups excluding carboxylic acids is 2. The number of nitrogens with one attached hydrogen (secondary N) is 1. The maximum absolute atomic E-state index is 12.0. The smallest absolute Gasteiger partial charge is 0.344 e. The number of ether oxygens (including phenoxy) is 1. The summed E-state index contributed by atoms with van der Waals surface area (Å²) in [6.45, 7) is 4.68. The molecule has 116 valence electrons. The van der Waals surface area contributed by atoms with Gasteiger partial charge in [0, 0.05) is 6.20 Å². The Balaban J connectivity index is 1.99. The van der Waals surface area contributed by atoms with Crippen molar-refractivity contribution in [2.45, 2.75) is 26.9 Å². The van der Waals surface area contributed by atoms with Crippen LogP contribution in [0.15, 0.2) is 22.9 Å². The monoisotopic (exact) mass is 323 g/mol. The number of esters is 1. The number of halogens is 1. The van der Waals surface area contributed by atoms with Gasteiger partial charge < -0.3 is 14.6 Å². The van der Waals surface area contributed by atoms with E-state index in [9.17, 15) is 9.59 Å². The third kappa shape index (κ3) is 3.62. The summed E-state index contributed by atoms with van der Waals surface area (Å²) in [5.41, 5.74) is 0.638. The average Bonchev–Trinajstić information content (AvgIpc) is 2.80. The standard InChI is InChI=1S/C14H14ClN3O4/c1-7-12(8(2)22-18-7)14(20)21-9(3)13(19)17-11-5-4-10(15)6-16-11/h4-6,9H,1-3H3,(H,16,17,19)/t9-/m1/s1. The van der Waals surface area contributed by atoms with E-state index in [1.54, 1.807) is 26.0 Å². The molecule has 0 aliphatic heterocycles. The van der Waals surface area contributed by atoms with E-state index in [2.05, 4.69) is 15.5 Å². The van der Waals surface area contributed by atoms with Crippen molar-refractivity contribution < 1.29 is 18.8 Å². The molecule has 2 heterocycles. The number of aryl methyl sites for hydroxylation is 2. The summed E-state index contributed by atoms with van der Waals surface area (Å²) in [5.74, 6) is -0.512. The molecule has 0 unspecified atom stereocenters. The van der Waals surface area contributed by atoms with Crippen LogP contribution >= 0.6 is 11.6 Å².